The van der Waals surface area contributed by atoms with Gasteiger partial charge in [0.2, 0.25) is 0 Å². The number of hydrogen-bond acceptors (Lipinski definition) is 6. The van der Waals surface area contributed by atoms with Gasteiger partial charge in [-0.25, -0.2) is 14.8 Å². The second kappa shape index (κ2) is 5.85. The summed E-state index contributed by atoms with van der Waals surface area (Å²) in [7, 11) is 1.38. The molecule has 1 atom stereocenters. The molecule has 0 aliphatic carbocycles. The quantitative estimate of drug-likeness (QED) is 0.817. The number of methoxy groups -OCH3 is 1. The summed E-state index contributed by atoms with van der Waals surface area (Å²) >= 11 is 0. The third kappa shape index (κ3) is 2.66. The molecule has 6 nitrogen and oxygen atoms in total. The average Bonchev–Trinajstić information content (AvgIpc) is 2.98. The molecule has 1 aromatic heterocycles. The fourth-order valence-electron chi connectivity index (χ4n) is 2.76. The molecule has 1 N–H and O–H groups in total. The van der Waals surface area contributed by atoms with Crippen molar-refractivity contribution in [3.05, 3.63) is 22.8 Å². The molecule has 3 heterocycles. The fraction of sp³-hybridized carbons (Fsp3) is 0.643. The third-order valence-corrected chi connectivity index (χ3v) is 3.79. The average molecular weight is 277 g/mol. The number of carbonyl (C=O) groups is 1. The highest BCUT2D eigenvalue weighted by Crippen LogP contribution is 2.20. The van der Waals surface area contributed by atoms with E-state index in [1.807, 2.05) is 0 Å². The third-order valence-electron chi connectivity index (χ3n) is 3.79. The largest absolute Gasteiger partial charge is 0.464 e. The molecule has 0 saturated carbocycles. The Morgan fingerprint density at radius 2 is 2.40 bits per heavy atom. The van der Waals surface area contributed by atoms with E-state index in [4.69, 9.17) is 9.47 Å². The summed E-state index contributed by atoms with van der Waals surface area (Å²) in [5, 5.41) is 3.24. The van der Waals surface area contributed by atoms with Crippen LogP contribution in [0.25, 0.3) is 0 Å². The number of nitrogens with zero attached hydrogens (tertiary/aromatic N) is 2. The van der Waals surface area contributed by atoms with E-state index in [2.05, 4.69) is 15.3 Å². The Kier molecular flexibility index (Phi) is 3.93. The van der Waals surface area contributed by atoms with Gasteiger partial charge < -0.3 is 14.8 Å². The summed E-state index contributed by atoms with van der Waals surface area (Å²) in [4.78, 5) is 20.9. The Morgan fingerprint density at radius 3 is 3.15 bits per heavy atom. The molecule has 2 aliphatic heterocycles. The number of carbonyl (C=O) groups excluding carboxylic acids is 1. The van der Waals surface area contributed by atoms with Gasteiger partial charge >= 0.3 is 5.97 Å². The second-order valence-corrected chi connectivity index (χ2v) is 5.17. The van der Waals surface area contributed by atoms with Gasteiger partial charge in [0.25, 0.3) is 0 Å². The van der Waals surface area contributed by atoms with E-state index >= 15 is 0 Å². The van der Waals surface area contributed by atoms with E-state index in [1.54, 1.807) is 0 Å². The Morgan fingerprint density at radius 1 is 1.50 bits per heavy atom. The lowest BCUT2D eigenvalue weighted by atomic mass is 10.0. The molecule has 0 aromatic carbocycles. The lowest BCUT2D eigenvalue weighted by Gasteiger charge is -2.19. The summed E-state index contributed by atoms with van der Waals surface area (Å²) in [6.45, 7) is 2.31. The van der Waals surface area contributed by atoms with E-state index < -0.39 is 0 Å². The summed E-state index contributed by atoms with van der Waals surface area (Å²) in [6, 6.07) is 0. The van der Waals surface area contributed by atoms with E-state index in [0.29, 0.717) is 24.5 Å². The van der Waals surface area contributed by atoms with Crippen molar-refractivity contribution >= 4 is 5.97 Å². The van der Waals surface area contributed by atoms with Crippen LogP contribution in [0.1, 0.15) is 40.4 Å². The minimum atomic E-state index is -0.388. The normalized spacial score (nSPS) is 21.6. The van der Waals surface area contributed by atoms with E-state index in [1.165, 1.54) is 7.11 Å². The maximum absolute atomic E-state index is 11.9. The molecule has 0 amide bonds. The number of rotatable bonds is 3. The molecule has 108 valence electrons. The van der Waals surface area contributed by atoms with Crippen LogP contribution in [0.3, 0.4) is 0 Å². The zero-order chi connectivity index (χ0) is 13.9. The van der Waals surface area contributed by atoms with Crippen molar-refractivity contribution in [1.29, 1.82) is 0 Å². The second-order valence-electron chi connectivity index (χ2n) is 5.17. The molecule has 0 spiro atoms. The van der Waals surface area contributed by atoms with Crippen LogP contribution in [0.2, 0.25) is 0 Å². The summed E-state index contributed by atoms with van der Waals surface area (Å²) in [5.74, 6) is 0.305. The summed E-state index contributed by atoms with van der Waals surface area (Å²) in [6.07, 6.45) is 3.80. The predicted octanol–water partition coefficient (Wildman–Crippen LogP) is 0.630. The van der Waals surface area contributed by atoms with Gasteiger partial charge in [-0.3, -0.25) is 0 Å². The SMILES string of the molecule is COC(=O)c1nc(CC2CCCO2)nc2c1CNCC2. The minimum absolute atomic E-state index is 0.181. The van der Waals surface area contributed by atoms with Crippen LogP contribution in [-0.2, 0) is 28.9 Å². The monoisotopic (exact) mass is 277 g/mol. The maximum atomic E-state index is 11.9. The van der Waals surface area contributed by atoms with Crippen LogP contribution in [0.15, 0.2) is 0 Å². The first-order valence-corrected chi connectivity index (χ1v) is 7.07. The van der Waals surface area contributed by atoms with Gasteiger partial charge in [0.1, 0.15) is 5.82 Å². The van der Waals surface area contributed by atoms with E-state index in [9.17, 15) is 4.79 Å². The number of aromatic nitrogens is 2. The van der Waals surface area contributed by atoms with Crippen molar-refractivity contribution in [3.8, 4) is 0 Å². The molecule has 2 aliphatic rings. The highest BCUT2D eigenvalue weighted by atomic mass is 16.5. The highest BCUT2D eigenvalue weighted by Gasteiger charge is 2.24. The van der Waals surface area contributed by atoms with Gasteiger partial charge in [0.05, 0.1) is 18.9 Å². The van der Waals surface area contributed by atoms with Crippen molar-refractivity contribution in [2.75, 3.05) is 20.3 Å². The van der Waals surface area contributed by atoms with Crippen molar-refractivity contribution in [1.82, 2.24) is 15.3 Å². The zero-order valence-corrected chi connectivity index (χ0v) is 11.6. The van der Waals surface area contributed by atoms with Crippen molar-refractivity contribution in [2.45, 2.75) is 38.3 Å². The number of esters is 1. The number of nitrogens with one attached hydrogen (secondary N) is 1. The molecule has 0 bridgehead atoms. The van der Waals surface area contributed by atoms with Crippen molar-refractivity contribution < 1.29 is 14.3 Å². The van der Waals surface area contributed by atoms with Crippen LogP contribution in [-0.4, -0.2) is 42.3 Å². The molecular formula is C14H19N3O3. The predicted molar refractivity (Wildman–Crippen MR) is 71.5 cm³/mol. The fourth-order valence-corrected chi connectivity index (χ4v) is 2.76. The number of fused-ring (bicyclic) bond motifs is 1. The Labute approximate surface area is 117 Å². The van der Waals surface area contributed by atoms with Crippen molar-refractivity contribution in [3.63, 3.8) is 0 Å². The Hall–Kier alpha value is -1.53. The van der Waals surface area contributed by atoms with E-state index in [-0.39, 0.29) is 12.1 Å². The summed E-state index contributed by atoms with van der Waals surface area (Å²) < 4.78 is 10.5. The maximum Gasteiger partial charge on any atom is 0.357 e. The van der Waals surface area contributed by atoms with Gasteiger partial charge in [-0.1, -0.05) is 0 Å². The zero-order valence-electron chi connectivity index (χ0n) is 11.6. The Bertz CT molecular complexity index is 513. The summed E-state index contributed by atoms with van der Waals surface area (Å²) in [5.41, 5.74) is 2.24. The number of ether oxygens (including phenoxy) is 2. The van der Waals surface area contributed by atoms with Crippen LogP contribution < -0.4 is 5.32 Å². The molecule has 20 heavy (non-hydrogen) atoms. The molecule has 6 heteroatoms. The van der Waals surface area contributed by atoms with Crippen LogP contribution in [0.5, 0.6) is 0 Å². The van der Waals surface area contributed by atoms with Gasteiger partial charge in [-0.15, -0.1) is 0 Å². The molecular weight excluding hydrogens is 258 g/mol. The molecule has 3 rings (SSSR count). The molecule has 1 saturated heterocycles. The van der Waals surface area contributed by atoms with E-state index in [0.717, 1.165) is 43.7 Å². The smallest absolute Gasteiger partial charge is 0.357 e. The standard InChI is InChI=1S/C14H19N3O3/c1-19-14(18)13-10-8-15-5-4-11(10)16-12(17-13)7-9-3-2-6-20-9/h9,15H,2-8H2,1H3. The van der Waals surface area contributed by atoms with Gasteiger partial charge in [-0.05, 0) is 12.8 Å². The minimum Gasteiger partial charge on any atom is -0.464 e. The van der Waals surface area contributed by atoms with Crippen LogP contribution in [0, 0.1) is 0 Å². The van der Waals surface area contributed by atoms with Gasteiger partial charge in [-0.2, -0.15) is 0 Å². The van der Waals surface area contributed by atoms with Crippen LogP contribution >= 0.6 is 0 Å². The number of hydrogen-bond donors (Lipinski definition) is 1. The van der Waals surface area contributed by atoms with Gasteiger partial charge in [0, 0.05) is 38.1 Å². The highest BCUT2D eigenvalue weighted by molar-refractivity contribution is 5.89. The Balaban J connectivity index is 1.92. The first kappa shape index (κ1) is 13.5. The lowest BCUT2D eigenvalue weighted by molar-refractivity contribution is 0.0590. The molecule has 0 radical (unpaired) electrons. The first-order valence-electron chi connectivity index (χ1n) is 7.07. The topological polar surface area (TPSA) is 73.3 Å². The van der Waals surface area contributed by atoms with Crippen LogP contribution in [0.4, 0.5) is 0 Å². The van der Waals surface area contributed by atoms with Crippen molar-refractivity contribution in [2.24, 2.45) is 0 Å². The first-order chi connectivity index (χ1) is 9.78. The molecule has 1 aromatic rings. The molecule has 1 unspecified atom stereocenters. The lowest BCUT2D eigenvalue weighted by Crippen LogP contribution is -2.29. The van der Waals surface area contributed by atoms with Gasteiger partial charge in [0.15, 0.2) is 5.69 Å². The molecule has 1 fully saturated rings.